The molecule has 0 spiro atoms. The van der Waals surface area contributed by atoms with E-state index in [0.717, 1.165) is 18.8 Å². The molecule has 0 unspecified atom stereocenters. The maximum Gasteiger partial charge on any atom is 0.264 e. The van der Waals surface area contributed by atoms with E-state index < -0.39 is 0 Å². The first-order chi connectivity index (χ1) is 15.3. The van der Waals surface area contributed by atoms with Crippen molar-refractivity contribution in [1.82, 2.24) is 10.2 Å². The van der Waals surface area contributed by atoms with E-state index >= 15 is 0 Å². The molecule has 1 aliphatic rings. The Morgan fingerprint density at radius 3 is 2.41 bits per heavy atom. The Morgan fingerprint density at radius 1 is 1.09 bits per heavy atom. The zero-order valence-corrected chi connectivity index (χ0v) is 19.7. The highest BCUT2D eigenvalue weighted by Crippen LogP contribution is 2.29. The quantitative estimate of drug-likeness (QED) is 0.624. The maximum absolute atomic E-state index is 12.2. The monoisotopic (exact) mass is 474 g/mol. The molecule has 0 aliphatic carbocycles. The predicted molar refractivity (Wildman–Crippen MR) is 131 cm³/mol. The van der Waals surface area contributed by atoms with Crippen molar-refractivity contribution in [3.63, 3.8) is 0 Å². The molecule has 0 aromatic heterocycles. The molecule has 2 N–H and O–H groups in total. The van der Waals surface area contributed by atoms with Crippen molar-refractivity contribution in [1.29, 1.82) is 0 Å². The van der Waals surface area contributed by atoms with Crippen molar-refractivity contribution in [3.8, 4) is 5.75 Å². The van der Waals surface area contributed by atoms with Crippen LogP contribution >= 0.6 is 23.8 Å². The Morgan fingerprint density at radius 2 is 1.78 bits per heavy atom. The molecule has 0 radical (unpaired) electrons. The van der Waals surface area contributed by atoms with Gasteiger partial charge >= 0.3 is 0 Å². The van der Waals surface area contributed by atoms with Gasteiger partial charge in [-0.1, -0.05) is 43.6 Å². The second-order valence-electron chi connectivity index (χ2n) is 7.74. The number of ether oxygens (including phenoxy) is 1. The average molecular weight is 475 g/mol. The molecule has 170 valence electrons. The van der Waals surface area contributed by atoms with Gasteiger partial charge in [-0.2, -0.15) is 0 Å². The second kappa shape index (κ2) is 11.2. The number of halogens is 1. The van der Waals surface area contributed by atoms with Crippen molar-refractivity contribution in [2.75, 3.05) is 43.0 Å². The molecule has 1 saturated heterocycles. The van der Waals surface area contributed by atoms with Gasteiger partial charge in [0.05, 0.1) is 10.7 Å². The average Bonchev–Trinajstić information content (AvgIpc) is 2.78. The number of hydrogen-bond acceptors (Lipinski definition) is 5. The molecule has 1 fully saturated rings. The number of para-hydroxylation sites is 1. The lowest BCUT2D eigenvalue weighted by Gasteiger charge is -2.37. The van der Waals surface area contributed by atoms with Gasteiger partial charge in [-0.05, 0) is 42.5 Å². The first kappa shape index (κ1) is 23.8. The molecule has 1 aliphatic heterocycles. The minimum Gasteiger partial charge on any atom is -0.484 e. The number of anilines is 2. The third kappa shape index (κ3) is 6.58. The van der Waals surface area contributed by atoms with Gasteiger partial charge in [0.1, 0.15) is 5.75 Å². The molecule has 0 bridgehead atoms. The maximum atomic E-state index is 12.2. The van der Waals surface area contributed by atoms with Gasteiger partial charge in [0.2, 0.25) is 5.91 Å². The van der Waals surface area contributed by atoms with Gasteiger partial charge in [0.15, 0.2) is 11.7 Å². The van der Waals surface area contributed by atoms with E-state index in [4.69, 9.17) is 28.6 Å². The highest BCUT2D eigenvalue weighted by molar-refractivity contribution is 7.80. The fourth-order valence-corrected chi connectivity index (χ4v) is 3.90. The zero-order chi connectivity index (χ0) is 23.1. The van der Waals surface area contributed by atoms with Crippen molar-refractivity contribution in [2.24, 2.45) is 5.92 Å². The number of amides is 2. The first-order valence-corrected chi connectivity index (χ1v) is 11.2. The molecule has 2 amide bonds. The summed E-state index contributed by atoms with van der Waals surface area (Å²) in [5.41, 5.74) is 1.57. The number of hydrogen-bond donors (Lipinski definition) is 2. The lowest BCUT2D eigenvalue weighted by molar-refractivity contribution is -0.134. The van der Waals surface area contributed by atoms with Gasteiger partial charge < -0.3 is 19.9 Å². The van der Waals surface area contributed by atoms with E-state index in [1.54, 1.807) is 18.2 Å². The Hall–Kier alpha value is -2.84. The summed E-state index contributed by atoms with van der Waals surface area (Å²) in [5, 5.41) is 6.28. The molecule has 9 heteroatoms. The number of carbonyl (C=O) groups excluding carboxylic acids is 2. The van der Waals surface area contributed by atoms with Crippen LogP contribution in [0.3, 0.4) is 0 Å². The van der Waals surface area contributed by atoms with Crippen LogP contribution in [0.15, 0.2) is 48.5 Å². The summed E-state index contributed by atoms with van der Waals surface area (Å²) in [7, 11) is 0. The van der Waals surface area contributed by atoms with Crippen LogP contribution in [0.5, 0.6) is 5.75 Å². The molecule has 32 heavy (non-hydrogen) atoms. The van der Waals surface area contributed by atoms with E-state index in [9.17, 15) is 9.59 Å². The summed E-state index contributed by atoms with van der Waals surface area (Å²) in [4.78, 5) is 28.3. The van der Waals surface area contributed by atoms with Crippen LogP contribution in [-0.4, -0.2) is 54.6 Å². The lowest BCUT2D eigenvalue weighted by Crippen LogP contribution is -2.50. The molecule has 0 saturated carbocycles. The number of nitrogens with zero attached hydrogens (tertiary/aromatic N) is 2. The predicted octanol–water partition coefficient (Wildman–Crippen LogP) is 3.54. The highest BCUT2D eigenvalue weighted by Gasteiger charge is 2.24. The first-order valence-electron chi connectivity index (χ1n) is 10.5. The van der Waals surface area contributed by atoms with E-state index in [1.807, 2.05) is 49.1 Å². The number of piperazine rings is 1. The molecular formula is C23H27ClN4O3S. The van der Waals surface area contributed by atoms with Crippen LogP contribution in [0.1, 0.15) is 13.8 Å². The van der Waals surface area contributed by atoms with Gasteiger partial charge in [0, 0.05) is 37.8 Å². The Kier molecular flexibility index (Phi) is 8.30. The fraction of sp³-hybridized carbons (Fsp3) is 0.348. The van der Waals surface area contributed by atoms with Crippen LogP contribution in [0.25, 0.3) is 0 Å². The lowest BCUT2D eigenvalue weighted by atomic mass is 10.1. The zero-order valence-electron chi connectivity index (χ0n) is 18.1. The van der Waals surface area contributed by atoms with Crippen LogP contribution < -0.4 is 20.3 Å². The minimum atomic E-state index is -0.358. The van der Waals surface area contributed by atoms with Crippen molar-refractivity contribution >= 4 is 52.1 Å². The van der Waals surface area contributed by atoms with E-state index in [-0.39, 0.29) is 29.5 Å². The van der Waals surface area contributed by atoms with Crippen LogP contribution in [0.2, 0.25) is 5.02 Å². The van der Waals surface area contributed by atoms with Crippen molar-refractivity contribution < 1.29 is 14.3 Å². The highest BCUT2D eigenvalue weighted by atomic mass is 35.5. The third-order valence-electron chi connectivity index (χ3n) is 5.00. The largest absolute Gasteiger partial charge is 0.484 e. The molecular weight excluding hydrogens is 448 g/mol. The number of carbonyl (C=O) groups is 2. The number of benzene rings is 2. The SMILES string of the molecule is CC(C)C(=O)N1CCN(c2ccc(NC(=S)NC(=O)COc3ccccc3)cc2Cl)CC1. The summed E-state index contributed by atoms with van der Waals surface area (Å²) >= 11 is 11.7. The van der Waals surface area contributed by atoms with Gasteiger partial charge in [-0.15, -0.1) is 0 Å². The summed E-state index contributed by atoms with van der Waals surface area (Å²) in [6.07, 6.45) is 0. The molecule has 3 rings (SSSR count). The van der Waals surface area contributed by atoms with Crippen molar-refractivity contribution in [3.05, 3.63) is 53.6 Å². The standard InChI is InChI=1S/C23H27ClN4O3S/c1-16(2)22(30)28-12-10-27(11-13-28)20-9-8-17(14-19(20)24)25-23(32)26-21(29)15-31-18-6-4-3-5-7-18/h3-9,14,16H,10-13,15H2,1-2H3,(H2,25,26,29,32). The Balaban J connectivity index is 1.49. The van der Waals surface area contributed by atoms with Gasteiger partial charge in [-0.3, -0.25) is 14.9 Å². The minimum absolute atomic E-state index is 0.00438. The number of nitrogens with one attached hydrogen (secondary N) is 2. The fourth-order valence-electron chi connectivity index (χ4n) is 3.36. The van der Waals surface area contributed by atoms with Crippen LogP contribution in [0, 0.1) is 5.92 Å². The number of thiocarbonyl (C=S) groups is 1. The molecule has 7 nitrogen and oxygen atoms in total. The molecule has 2 aromatic rings. The Bertz CT molecular complexity index is 963. The van der Waals surface area contributed by atoms with Crippen molar-refractivity contribution in [2.45, 2.75) is 13.8 Å². The second-order valence-corrected chi connectivity index (χ2v) is 8.55. The van der Waals surface area contributed by atoms with E-state index in [1.165, 1.54) is 0 Å². The summed E-state index contributed by atoms with van der Waals surface area (Å²) in [6.45, 7) is 6.49. The summed E-state index contributed by atoms with van der Waals surface area (Å²) < 4.78 is 5.41. The van der Waals surface area contributed by atoms with Crippen LogP contribution in [0.4, 0.5) is 11.4 Å². The topological polar surface area (TPSA) is 73.9 Å². The van der Waals surface area contributed by atoms with Gasteiger partial charge in [-0.25, -0.2) is 0 Å². The normalized spacial score (nSPS) is 13.6. The molecule has 1 heterocycles. The third-order valence-corrected chi connectivity index (χ3v) is 5.50. The Labute approximate surface area is 198 Å². The smallest absolute Gasteiger partial charge is 0.264 e. The van der Waals surface area contributed by atoms with Gasteiger partial charge in [0.25, 0.3) is 5.91 Å². The molecule has 0 atom stereocenters. The summed E-state index contributed by atoms with van der Waals surface area (Å²) in [6, 6.07) is 14.6. The van der Waals surface area contributed by atoms with Crippen LogP contribution in [-0.2, 0) is 9.59 Å². The number of rotatable bonds is 6. The molecule has 2 aromatic carbocycles. The van der Waals surface area contributed by atoms with E-state index in [0.29, 0.717) is 29.5 Å². The summed E-state index contributed by atoms with van der Waals surface area (Å²) in [5.74, 6) is 0.436. The van der Waals surface area contributed by atoms with E-state index in [2.05, 4.69) is 15.5 Å².